The first kappa shape index (κ1) is 8.71. The zero-order valence-electron chi connectivity index (χ0n) is 7.77. The zero-order valence-corrected chi connectivity index (χ0v) is 7.77. The highest BCUT2D eigenvalue weighted by Gasteiger charge is 1.97. The normalized spacial score (nSPS) is 9.93. The second-order valence-corrected chi connectivity index (χ2v) is 3.05. The maximum atomic E-state index is 5.19. The lowest BCUT2D eigenvalue weighted by Gasteiger charge is -1.99. The molecule has 1 aromatic heterocycles. The summed E-state index contributed by atoms with van der Waals surface area (Å²) < 4.78 is 0. The molecule has 0 aliphatic carbocycles. The van der Waals surface area contributed by atoms with Crippen molar-refractivity contribution in [2.24, 2.45) is 0 Å². The summed E-state index contributed by atoms with van der Waals surface area (Å²) in [5.41, 5.74) is 2.82. The van der Waals surface area contributed by atoms with Crippen LogP contribution in [0, 0.1) is 12.3 Å². The Bertz CT molecular complexity index is 483. The van der Waals surface area contributed by atoms with E-state index < -0.39 is 0 Å². The summed E-state index contributed by atoms with van der Waals surface area (Å²) >= 11 is 0. The van der Waals surface area contributed by atoms with Gasteiger partial charge in [0.1, 0.15) is 0 Å². The van der Waals surface area contributed by atoms with E-state index in [-0.39, 0.29) is 0 Å². The van der Waals surface area contributed by atoms with Gasteiger partial charge in [-0.05, 0) is 12.1 Å². The summed E-state index contributed by atoms with van der Waals surface area (Å²) in [6, 6.07) is 7.83. The molecule has 0 saturated carbocycles. The third-order valence-electron chi connectivity index (χ3n) is 2.02. The van der Waals surface area contributed by atoms with Gasteiger partial charge in [-0.1, -0.05) is 12.1 Å². The summed E-state index contributed by atoms with van der Waals surface area (Å²) in [6.07, 6.45) is 8.50. The molecule has 68 valence electrons. The van der Waals surface area contributed by atoms with Gasteiger partial charge in [-0.25, -0.2) is 4.98 Å². The minimum Gasteiger partial charge on any atom is -0.253 e. The lowest BCUT2D eigenvalue weighted by molar-refractivity contribution is 0.961. The van der Waals surface area contributed by atoms with Gasteiger partial charge in [-0.3, -0.25) is 4.98 Å². The van der Waals surface area contributed by atoms with Crippen LogP contribution in [0.3, 0.4) is 0 Å². The van der Waals surface area contributed by atoms with Crippen LogP contribution in [0.15, 0.2) is 30.5 Å². The van der Waals surface area contributed by atoms with Gasteiger partial charge in [0.15, 0.2) is 0 Å². The number of terminal acetylenes is 1. The van der Waals surface area contributed by atoms with Crippen LogP contribution in [0.25, 0.3) is 11.0 Å². The second kappa shape index (κ2) is 3.89. The molecule has 1 heterocycles. The molecule has 0 fully saturated rings. The minimum absolute atomic E-state index is 0.715. The van der Waals surface area contributed by atoms with Gasteiger partial charge in [-0.2, -0.15) is 0 Å². The van der Waals surface area contributed by atoms with Gasteiger partial charge in [0, 0.05) is 19.0 Å². The van der Waals surface area contributed by atoms with Crippen molar-refractivity contribution in [2.45, 2.75) is 12.8 Å². The fourth-order valence-electron chi connectivity index (χ4n) is 1.32. The molecule has 2 rings (SSSR count). The fraction of sp³-hybridized carbons (Fsp3) is 0.167. The molecule has 1 aromatic carbocycles. The van der Waals surface area contributed by atoms with Crippen molar-refractivity contribution in [1.82, 2.24) is 9.97 Å². The van der Waals surface area contributed by atoms with Crippen molar-refractivity contribution in [2.75, 3.05) is 0 Å². The third-order valence-corrected chi connectivity index (χ3v) is 2.02. The standard InChI is InChI=1S/C12H10N2/c1-2-3-6-10-9-13-11-7-4-5-8-12(11)14-10/h1,4-5,7-9H,3,6H2. The first-order valence-electron chi connectivity index (χ1n) is 4.54. The number of hydrogen-bond donors (Lipinski definition) is 0. The number of hydrogen-bond acceptors (Lipinski definition) is 2. The van der Waals surface area contributed by atoms with Crippen LogP contribution >= 0.6 is 0 Å². The minimum atomic E-state index is 0.715. The Kier molecular flexibility index (Phi) is 2.42. The van der Waals surface area contributed by atoms with Crippen LogP contribution in [-0.2, 0) is 6.42 Å². The molecule has 2 aromatic rings. The van der Waals surface area contributed by atoms with Crippen LogP contribution in [0.4, 0.5) is 0 Å². The number of fused-ring (bicyclic) bond motifs is 1. The predicted octanol–water partition coefficient (Wildman–Crippen LogP) is 2.20. The molecule has 0 unspecified atom stereocenters. The maximum Gasteiger partial charge on any atom is 0.0890 e. The molecule has 0 aliphatic rings. The number of rotatable bonds is 2. The van der Waals surface area contributed by atoms with Crippen molar-refractivity contribution >= 4 is 11.0 Å². The molecular formula is C12H10N2. The number of aromatic nitrogens is 2. The summed E-state index contributed by atoms with van der Waals surface area (Å²) in [6.45, 7) is 0. The van der Waals surface area contributed by atoms with Crippen LogP contribution in [0.5, 0.6) is 0 Å². The van der Waals surface area contributed by atoms with Crippen molar-refractivity contribution < 1.29 is 0 Å². The van der Waals surface area contributed by atoms with Crippen LogP contribution in [-0.4, -0.2) is 9.97 Å². The van der Waals surface area contributed by atoms with Gasteiger partial charge in [-0.15, -0.1) is 12.3 Å². The van der Waals surface area contributed by atoms with Crippen molar-refractivity contribution in [3.63, 3.8) is 0 Å². The van der Waals surface area contributed by atoms with Crippen LogP contribution in [0.1, 0.15) is 12.1 Å². The van der Waals surface area contributed by atoms with E-state index in [4.69, 9.17) is 6.42 Å². The van der Waals surface area contributed by atoms with E-state index >= 15 is 0 Å². The van der Waals surface area contributed by atoms with E-state index in [1.54, 1.807) is 6.20 Å². The quantitative estimate of drug-likeness (QED) is 0.665. The molecular weight excluding hydrogens is 172 g/mol. The molecule has 0 atom stereocenters. The monoisotopic (exact) mass is 182 g/mol. The Balaban J connectivity index is 2.37. The largest absolute Gasteiger partial charge is 0.253 e. The van der Waals surface area contributed by atoms with Gasteiger partial charge in [0.25, 0.3) is 0 Å². The Morgan fingerprint density at radius 3 is 2.79 bits per heavy atom. The Hall–Kier alpha value is -1.88. The Morgan fingerprint density at radius 1 is 1.21 bits per heavy atom. The summed E-state index contributed by atoms with van der Waals surface area (Å²) in [5.74, 6) is 2.60. The highest BCUT2D eigenvalue weighted by molar-refractivity contribution is 5.73. The highest BCUT2D eigenvalue weighted by Crippen LogP contribution is 2.09. The van der Waals surface area contributed by atoms with E-state index in [2.05, 4.69) is 15.9 Å². The molecule has 0 N–H and O–H groups in total. The fourth-order valence-corrected chi connectivity index (χ4v) is 1.32. The Morgan fingerprint density at radius 2 is 2.00 bits per heavy atom. The van der Waals surface area contributed by atoms with E-state index in [0.717, 1.165) is 23.1 Å². The summed E-state index contributed by atoms with van der Waals surface area (Å²) in [5, 5.41) is 0. The van der Waals surface area contributed by atoms with Gasteiger partial charge < -0.3 is 0 Å². The molecule has 0 radical (unpaired) electrons. The van der Waals surface area contributed by atoms with Crippen LogP contribution in [0.2, 0.25) is 0 Å². The van der Waals surface area contributed by atoms with Crippen molar-refractivity contribution in [3.8, 4) is 12.3 Å². The summed E-state index contributed by atoms with van der Waals surface area (Å²) in [4.78, 5) is 8.76. The second-order valence-electron chi connectivity index (χ2n) is 3.05. The average Bonchev–Trinajstić information content (AvgIpc) is 2.26. The first-order valence-corrected chi connectivity index (χ1v) is 4.54. The smallest absolute Gasteiger partial charge is 0.0890 e. The molecule has 0 aliphatic heterocycles. The van der Waals surface area contributed by atoms with Crippen molar-refractivity contribution in [3.05, 3.63) is 36.2 Å². The maximum absolute atomic E-state index is 5.19. The third kappa shape index (κ3) is 1.72. The molecule has 0 spiro atoms. The molecule has 2 nitrogen and oxygen atoms in total. The van der Waals surface area contributed by atoms with Crippen LogP contribution < -0.4 is 0 Å². The van der Waals surface area contributed by atoms with E-state index in [0.29, 0.717) is 6.42 Å². The number of nitrogens with zero attached hydrogens (tertiary/aromatic N) is 2. The van der Waals surface area contributed by atoms with Gasteiger partial charge in [0.2, 0.25) is 0 Å². The lowest BCUT2D eigenvalue weighted by atomic mass is 10.2. The molecule has 0 amide bonds. The van der Waals surface area contributed by atoms with Crippen molar-refractivity contribution in [1.29, 1.82) is 0 Å². The van der Waals surface area contributed by atoms with E-state index in [9.17, 15) is 0 Å². The topological polar surface area (TPSA) is 25.8 Å². The zero-order chi connectivity index (χ0) is 9.80. The van der Waals surface area contributed by atoms with E-state index in [1.165, 1.54) is 0 Å². The van der Waals surface area contributed by atoms with Gasteiger partial charge in [0.05, 0.1) is 16.7 Å². The molecule has 0 saturated heterocycles. The first-order chi connectivity index (χ1) is 6.90. The highest BCUT2D eigenvalue weighted by atomic mass is 14.8. The van der Waals surface area contributed by atoms with Gasteiger partial charge >= 0.3 is 0 Å². The number of para-hydroxylation sites is 2. The molecule has 14 heavy (non-hydrogen) atoms. The molecule has 2 heteroatoms. The predicted molar refractivity (Wildman–Crippen MR) is 56.7 cm³/mol. The SMILES string of the molecule is C#CCCc1cnc2ccccc2n1. The summed E-state index contributed by atoms with van der Waals surface area (Å²) in [7, 11) is 0. The average molecular weight is 182 g/mol. The number of benzene rings is 1. The molecule has 0 bridgehead atoms. The van der Waals surface area contributed by atoms with E-state index in [1.807, 2.05) is 24.3 Å². The number of aryl methyl sites for hydroxylation is 1. The lowest BCUT2D eigenvalue weighted by Crippen LogP contribution is -1.92. The Labute approximate surface area is 83.0 Å².